The number of fused-ring (bicyclic) bond motifs is 5. The van der Waals surface area contributed by atoms with Gasteiger partial charge >= 0.3 is 0 Å². The van der Waals surface area contributed by atoms with E-state index in [0.29, 0.717) is 17.9 Å². The van der Waals surface area contributed by atoms with Crippen LogP contribution in [0.3, 0.4) is 0 Å². The Morgan fingerprint density at radius 2 is 1.80 bits per heavy atom. The lowest BCUT2D eigenvalue weighted by Gasteiger charge is -2.27. The third-order valence-electron chi connectivity index (χ3n) is 6.65. The van der Waals surface area contributed by atoms with Crippen LogP contribution in [0.1, 0.15) is 27.8 Å². The van der Waals surface area contributed by atoms with Crippen LogP contribution in [0.4, 0.5) is 0 Å². The number of rotatable bonds is 5. The van der Waals surface area contributed by atoms with Crippen LogP contribution in [0, 0.1) is 32.6 Å². The molecule has 1 N–H and O–H groups in total. The molecule has 0 spiro atoms. The van der Waals surface area contributed by atoms with Crippen molar-refractivity contribution < 1.29 is 19.4 Å². The van der Waals surface area contributed by atoms with Gasteiger partial charge in [0.05, 0.1) is 30.1 Å². The summed E-state index contributed by atoms with van der Waals surface area (Å²) in [7, 11) is 0. The largest absolute Gasteiger partial charge is 0.492 e. The Morgan fingerprint density at radius 1 is 1.10 bits per heavy atom. The number of hydrogen-bond acceptors (Lipinski definition) is 4. The van der Waals surface area contributed by atoms with E-state index < -0.39 is 11.5 Å². The number of ketones is 1. The molecule has 2 aromatic rings. The molecule has 2 heterocycles. The molecule has 0 saturated carbocycles. The molecular formula is C26H26O4. The molecule has 4 nitrogen and oxygen atoms in total. The van der Waals surface area contributed by atoms with Crippen molar-refractivity contribution in [2.75, 3.05) is 6.61 Å². The normalized spacial score (nSPS) is 29.1. The van der Waals surface area contributed by atoms with E-state index in [4.69, 9.17) is 9.47 Å². The second-order valence-corrected chi connectivity index (χ2v) is 8.71. The Labute approximate surface area is 176 Å². The number of hydrogen-bond donors (Lipinski definition) is 1. The average Bonchev–Trinajstić information content (AvgIpc) is 3.37. The predicted octanol–water partition coefficient (Wildman–Crippen LogP) is 4.05. The van der Waals surface area contributed by atoms with Crippen LogP contribution in [0.2, 0.25) is 0 Å². The second kappa shape index (κ2) is 6.93. The summed E-state index contributed by atoms with van der Waals surface area (Å²) in [6.07, 6.45) is 3.58. The van der Waals surface area contributed by atoms with Gasteiger partial charge in [-0.15, -0.1) is 0 Å². The Hall–Kier alpha value is -2.69. The first-order valence-corrected chi connectivity index (χ1v) is 10.5. The number of ether oxygens (including phenoxy) is 2. The van der Waals surface area contributed by atoms with Crippen LogP contribution < -0.4 is 0 Å². The number of aliphatic hydroxyl groups excluding tert-OH is 1. The summed E-state index contributed by atoms with van der Waals surface area (Å²) in [4.78, 5) is 13.8. The fourth-order valence-corrected chi connectivity index (χ4v) is 5.50. The Balaban J connectivity index is 1.64. The number of carbonyl (C=O) groups is 1. The van der Waals surface area contributed by atoms with E-state index >= 15 is 0 Å². The SMILES string of the molecule is Cc1cc(C)c(C2=C(OCc3ccccc3)[C@H]3[C@@H](C2=O)[C@]2(CO)C=C[C@H]3O2)c(C)c1. The zero-order valence-corrected chi connectivity index (χ0v) is 17.5. The molecule has 1 aliphatic carbocycles. The number of carbonyl (C=O) groups excluding carboxylic acids is 1. The predicted molar refractivity (Wildman–Crippen MR) is 115 cm³/mol. The third-order valence-corrected chi connectivity index (χ3v) is 6.65. The minimum Gasteiger partial charge on any atom is -0.492 e. The lowest BCUT2D eigenvalue weighted by atomic mass is 9.76. The highest BCUT2D eigenvalue weighted by atomic mass is 16.5. The maximum absolute atomic E-state index is 13.8. The van der Waals surface area contributed by atoms with Crippen molar-refractivity contribution in [1.82, 2.24) is 0 Å². The fourth-order valence-electron chi connectivity index (χ4n) is 5.50. The van der Waals surface area contributed by atoms with E-state index in [2.05, 4.69) is 19.1 Å². The zero-order valence-electron chi connectivity index (χ0n) is 17.5. The summed E-state index contributed by atoms with van der Waals surface area (Å²) in [5.41, 5.74) is 5.02. The minimum atomic E-state index is -0.942. The Bertz CT molecular complexity index is 1060. The van der Waals surface area contributed by atoms with E-state index in [0.717, 1.165) is 22.3 Å². The third kappa shape index (κ3) is 2.71. The summed E-state index contributed by atoms with van der Waals surface area (Å²) in [5.74, 6) is 0.0689. The second-order valence-electron chi connectivity index (χ2n) is 8.71. The number of Topliss-reactive ketones (excluding diaryl/α,β-unsaturated/α-hetero) is 1. The molecule has 3 aliphatic rings. The van der Waals surface area contributed by atoms with Gasteiger partial charge in [0.1, 0.15) is 18.0 Å². The van der Waals surface area contributed by atoms with Crippen molar-refractivity contribution in [1.29, 1.82) is 0 Å². The first-order chi connectivity index (χ1) is 14.4. The van der Waals surface area contributed by atoms with E-state index in [9.17, 15) is 9.90 Å². The molecule has 0 aromatic heterocycles. The highest BCUT2D eigenvalue weighted by molar-refractivity contribution is 6.26. The molecule has 2 aliphatic heterocycles. The minimum absolute atomic E-state index is 0.0130. The number of benzene rings is 2. The number of allylic oxidation sites excluding steroid dienone is 1. The van der Waals surface area contributed by atoms with Crippen LogP contribution in [0.5, 0.6) is 0 Å². The lowest BCUT2D eigenvalue weighted by molar-refractivity contribution is -0.122. The van der Waals surface area contributed by atoms with Crippen molar-refractivity contribution in [2.24, 2.45) is 11.8 Å². The number of aryl methyl sites for hydroxylation is 3. The molecule has 1 fully saturated rings. The van der Waals surface area contributed by atoms with Crippen molar-refractivity contribution in [3.8, 4) is 0 Å². The summed E-state index contributed by atoms with van der Waals surface area (Å²) in [5, 5.41) is 10.1. The summed E-state index contributed by atoms with van der Waals surface area (Å²) in [6.45, 7) is 6.34. The van der Waals surface area contributed by atoms with Crippen LogP contribution in [-0.2, 0) is 20.9 Å². The highest BCUT2D eigenvalue weighted by Gasteiger charge is 2.65. The van der Waals surface area contributed by atoms with Gasteiger partial charge in [-0.25, -0.2) is 0 Å². The molecule has 4 atom stereocenters. The maximum Gasteiger partial charge on any atom is 0.174 e. The molecule has 4 heteroatoms. The molecule has 1 saturated heterocycles. The zero-order chi connectivity index (χ0) is 21.0. The molecule has 30 heavy (non-hydrogen) atoms. The molecule has 2 bridgehead atoms. The van der Waals surface area contributed by atoms with Gasteiger partial charge < -0.3 is 14.6 Å². The van der Waals surface area contributed by atoms with Crippen LogP contribution in [0.15, 0.2) is 60.4 Å². The van der Waals surface area contributed by atoms with Crippen molar-refractivity contribution in [3.63, 3.8) is 0 Å². The van der Waals surface area contributed by atoms with Gasteiger partial charge in [0.2, 0.25) is 0 Å². The van der Waals surface area contributed by atoms with Gasteiger partial charge in [-0.05, 0) is 43.0 Å². The van der Waals surface area contributed by atoms with Gasteiger partial charge in [0.15, 0.2) is 5.78 Å². The summed E-state index contributed by atoms with van der Waals surface area (Å²) >= 11 is 0. The standard InChI is InChI=1S/C26H26O4/c1-15-11-16(2)20(17(3)12-15)22-24(28)23-21(19-9-10-26(23,14-27)30-19)25(22)29-13-18-7-5-4-6-8-18/h4-12,19,21,23,27H,13-14H2,1-3H3/t19-,21-,23+,26-/m1/s1. The molecule has 0 amide bonds. The first-order valence-electron chi connectivity index (χ1n) is 10.5. The lowest BCUT2D eigenvalue weighted by Crippen LogP contribution is -2.41. The molecule has 5 rings (SSSR count). The van der Waals surface area contributed by atoms with Gasteiger partial charge in [-0.2, -0.15) is 0 Å². The van der Waals surface area contributed by atoms with E-state index in [-0.39, 0.29) is 24.4 Å². The number of aliphatic hydroxyl groups is 1. The van der Waals surface area contributed by atoms with Crippen LogP contribution >= 0.6 is 0 Å². The average molecular weight is 402 g/mol. The van der Waals surface area contributed by atoms with Gasteiger partial charge in [-0.3, -0.25) is 4.79 Å². The van der Waals surface area contributed by atoms with Crippen molar-refractivity contribution >= 4 is 11.4 Å². The molecule has 2 aromatic carbocycles. The summed E-state index contributed by atoms with van der Waals surface area (Å²) < 4.78 is 12.5. The van der Waals surface area contributed by atoms with E-state index in [1.165, 1.54) is 5.56 Å². The topological polar surface area (TPSA) is 55.8 Å². The Kier molecular flexibility index (Phi) is 4.46. The van der Waals surface area contributed by atoms with Gasteiger partial charge in [-0.1, -0.05) is 60.2 Å². The highest BCUT2D eigenvalue weighted by Crippen LogP contribution is 2.57. The Morgan fingerprint density at radius 3 is 2.47 bits per heavy atom. The van der Waals surface area contributed by atoms with E-state index in [1.807, 2.05) is 56.3 Å². The first kappa shape index (κ1) is 19.3. The molecule has 0 radical (unpaired) electrons. The molecule has 0 unspecified atom stereocenters. The van der Waals surface area contributed by atoms with Gasteiger partial charge in [0, 0.05) is 0 Å². The molecule has 154 valence electrons. The quantitative estimate of drug-likeness (QED) is 0.767. The van der Waals surface area contributed by atoms with Crippen molar-refractivity contribution in [2.45, 2.75) is 39.1 Å². The monoisotopic (exact) mass is 402 g/mol. The van der Waals surface area contributed by atoms with Gasteiger partial charge in [0.25, 0.3) is 0 Å². The maximum atomic E-state index is 13.8. The summed E-state index contributed by atoms with van der Waals surface area (Å²) in [6, 6.07) is 14.2. The smallest absolute Gasteiger partial charge is 0.174 e. The molecular weight excluding hydrogens is 376 g/mol. The van der Waals surface area contributed by atoms with Crippen LogP contribution in [0.25, 0.3) is 5.57 Å². The van der Waals surface area contributed by atoms with Crippen molar-refractivity contribution in [3.05, 3.63) is 88.2 Å². The fraction of sp³-hybridized carbons (Fsp3) is 0.346. The van der Waals surface area contributed by atoms with E-state index in [1.54, 1.807) is 0 Å². The van der Waals surface area contributed by atoms with Crippen LogP contribution in [-0.4, -0.2) is 29.2 Å².